The number of rotatable bonds is 2. The van der Waals surface area contributed by atoms with Crippen LogP contribution in [0.2, 0.25) is 0 Å². The molecule has 0 saturated carbocycles. The molecule has 6 heteroatoms. The monoisotopic (exact) mass is 218 g/mol. The van der Waals surface area contributed by atoms with Crippen molar-refractivity contribution in [3.8, 4) is 5.82 Å². The summed E-state index contributed by atoms with van der Waals surface area (Å²) in [6.07, 6.45) is 2.21. The van der Waals surface area contributed by atoms with Gasteiger partial charge in [0.1, 0.15) is 23.8 Å². The minimum atomic E-state index is 0.500. The van der Waals surface area contributed by atoms with Crippen LogP contribution in [0.3, 0.4) is 0 Å². The summed E-state index contributed by atoms with van der Waals surface area (Å²) in [6, 6.07) is 0. The summed E-state index contributed by atoms with van der Waals surface area (Å²) in [4.78, 5) is 12.4. The molecular weight excluding hydrogens is 204 g/mol. The average Bonchev–Trinajstić information content (AvgIpc) is 2.57. The summed E-state index contributed by atoms with van der Waals surface area (Å²) >= 11 is 0. The molecule has 2 aromatic rings. The number of aryl methyl sites for hydroxylation is 2. The van der Waals surface area contributed by atoms with Crippen molar-refractivity contribution in [3.05, 3.63) is 23.5 Å². The van der Waals surface area contributed by atoms with E-state index in [1.165, 1.54) is 6.33 Å². The Labute approximate surface area is 93.6 Å². The molecule has 2 rings (SSSR count). The van der Waals surface area contributed by atoms with Crippen LogP contribution in [0.25, 0.3) is 5.82 Å². The lowest BCUT2D eigenvalue weighted by atomic mass is 10.2. The Morgan fingerprint density at radius 2 is 2.06 bits per heavy atom. The van der Waals surface area contributed by atoms with Crippen molar-refractivity contribution in [2.45, 2.75) is 27.2 Å². The number of anilines is 1. The van der Waals surface area contributed by atoms with Crippen LogP contribution < -0.4 is 5.73 Å². The number of nitrogens with zero attached hydrogens (tertiary/aromatic N) is 5. The predicted molar refractivity (Wildman–Crippen MR) is 60.2 cm³/mol. The molecule has 0 aliphatic rings. The van der Waals surface area contributed by atoms with Gasteiger partial charge >= 0.3 is 0 Å². The summed E-state index contributed by atoms with van der Waals surface area (Å²) in [5, 5.41) is 4.29. The summed E-state index contributed by atoms with van der Waals surface area (Å²) in [5.74, 6) is 2.73. The first kappa shape index (κ1) is 10.5. The number of aromatic nitrogens is 5. The standard InChI is InChI=1S/C10H14N6/c1-4-8-9(11)12-5-13-10(8)16-7(3)14-6(2)15-16/h5H,4H2,1-3H3,(H2,11,12,13). The van der Waals surface area contributed by atoms with Gasteiger partial charge in [0.05, 0.1) is 0 Å². The zero-order chi connectivity index (χ0) is 11.7. The Bertz CT molecular complexity index is 516. The molecule has 84 valence electrons. The van der Waals surface area contributed by atoms with E-state index in [0.717, 1.165) is 23.6 Å². The predicted octanol–water partition coefficient (Wildman–Crippen LogP) is 0.819. The van der Waals surface area contributed by atoms with Gasteiger partial charge in [0.25, 0.3) is 0 Å². The molecule has 0 aliphatic carbocycles. The van der Waals surface area contributed by atoms with Gasteiger partial charge < -0.3 is 5.73 Å². The van der Waals surface area contributed by atoms with Crippen molar-refractivity contribution in [1.82, 2.24) is 24.7 Å². The van der Waals surface area contributed by atoms with Gasteiger partial charge in [-0.25, -0.2) is 15.0 Å². The molecule has 0 aromatic carbocycles. The maximum atomic E-state index is 5.81. The lowest BCUT2D eigenvalue weighted by Gasteiger charge is -2.08. The lowest BCUT2D eigenvalue weighted by molar-refractivity contribution is 0.783. The van der Waals surface area contributed by atoms with E-state index in [-0.39, 0.29) is 0 Å². The molecule has 0 saturated heterocycles. The molecule has 0 radical (unpaired) electrons. The molecule has 2 N–H and O–H groups in total. The Balaban J connectivity index is 2.64. The van der Waals surface area contributed by atoms with Crippen LogP contribution in [0.4, 0.5) is 5.82 Å². The normalized spacial score (nSPS) is 10.7. The largest absolute Gasteiger partial charge is 0.383 e. The second kappa shape index (κ2) is 3.88. The zero-order valence-corrected chi connectivity index (χ0v) is 9.60. The van der Waals surface area contributed by atoms with Crippen molar-refractivity contribution < 1.29 is 0 Å². The van der Waals surface area contributed by atoms with Gasteiger partial charge in [-0.15, -0.1) is 5.10 Å². The van der Waals surface area contributed by atoms with Crippen molar-refractivity contribution in [2.75, 3.05) is 5.73 Å². The third-order valence-corrected chi connectivity index (χ3v) is 2.38. The third-order valence-electron chi connectivity index (χ3n) is 2.38. The van der Waals surface area contributed by atoms with Gasteiger partial charge in [0, 0.05) is 5.56 Å². The highest BCUT2D eigenvalue weighted by Gasteiger charge is 2.13. The minimum absolute atomic E-state index is 0.500. The van der Waals surface area contributed by atoms with Crippen LogP contribution >= 0.6 is 0 Å². The van der Waals surface area contributed by atoms with Gasteiger partial charge in [0.2, 0.25) is 0 Å². The first-order valence-corrected chi connectivity index (χ1v) is 5.13. The van der Waals surface area contributed by atoms with Crippen molar-refractivity contribution in [1.29, 1.82) is 0 Å². The molecule has 0 aliphatic heterocycles. The molecule has 0 amide bonds. The topological polar surface area (TPSA) is 82.5 Å². The number of hydrogen-bond acceptors (Lipinski definition) is 5. The van der Waals surface area contributed by atoms with Gasteiger partial charge in [-0.3, -0.25) is 0 Å². The van der Waals surface area contributed by atoms with Crippen LogP contribution in [0.1, 0.15) is 24.1 Å². The highest BCUT2D eigenvalue weighted by Crippen LogP contribution is 2.17. The Kier molecular flexibility index (Phi) is 2.55. The van der Waals surface area contributed by atoms with E-state index in [4.69, 9.17) is 5.73 Å². The smallest absolute Gasteiger partial charge is 0.164 e. The van der Waals surface area contributed by atoms with Crippen LogP contribution in [0.15, 0.2) is 6.33 Å². The second-order valence-electron chi connectivity index (χ2n) is 3.53. The quantitative estimate of drug-likeness (QED) is 0.806. The summed E-state index contributed by atoms with van der Waals surface area (Å²) in [6.45, 7) is 5.75. The molecule has 0 unspecified atom stereocenters. The third kappa shape index (κ3) is 1.62. The van der Waals surface area contributed by atoms with E-state index in [1.54, 1.807) is 4.68 Å². The molecule has 0 fully saturated rings. The van der Waals surface area contributed by atoms with Gasteiger partial charge in [0.15, 0.2) is 5.82 Å². The molecule has 6 nitrogen and oxygen atoms in total. The maximum absolute atomic E-state index is 5.81. The highest BCUT2D eigenvalue weighted by atomic mass is 15.4. The van der Waals surface area contributed by atoms with Crippen molar-refractivity contribution in [3.63, 3.8) is 0 Å². The van der Waals surface area contributed by atoms with E-state index in [1.807, 2.05) is 20.8 Å². The van der Waals surface area contributed by atoms with Crippen LogP contribution in [-0.4, -0.2) is 24.7 Å². The molecule has 0 spiro atoms. The van der Waals surface area contributed by atoms with Gasteiger partial charge in [-0.1, -0.05) is 6.92 Å². The highest BCUT2D eigenvalue weighted by molar-refractivity contribution is 5.48. The van der Waals surface area contributed by atoms with E-state index in [9.17, 15) is 0 Å². The SMILES string of the molecule is CCc1c(N)ncnc1-n1nc(C)nc1C. The summed E-state index contributed by atoms with van der Waals surface area (Å²) in [5.41, 5.74) is 6.71. The van der Waals surface area contributed by atoms with E-state index < -0.39 is 0 Å². The van der Waals surface area contributed by atoms with Crippen LogP contribution in [-0.2, 0) is 6.42 Å². The summed E-state index contributed by atoms with van der Waals surface area (Å²) in [7, 11) is 0. The van der Waals surface area contributed by atoms with Gasteiger partial charge in [-0.05, 0) is 20.3 Å². The molecule has 16 heavy (non-hydrogen) atoms. The lowest BCUT2D eigenvalue weighted by Crippen LogP contribution is -2.09. The fraction of sp³-hybridized carbons (Fsp3) is 0.400. The Morgan fingerprint density at radius 3 is 2.62 bits per heavy atom. The Morgan fingerprint density at radius 1 is 1.31 bits per heavy atom. The maximum Gasteiger partial charge on any atom is 0.164 e. The minimum Gasteiger partial charge on any atom is -0.383 e. The molecule has 0 bridgehead atoms. The Hall–Kier alpha value is -1.98. The van der Waals surface area contributed by atoms with Crippen molar-refractivity contribution in [2.24, 2.45) is 0 Å². The molecule has 2 aromatic heterocycles. The molecular formula is C10H14N6. The van der Waals surface area contributed by atoms with E-state index >= 15 is 0 Å². The number of hydrogen-bond donors (Lipinski definition) is 1. The zero-order valence-electron chi connectivity index (χ0n) is 9.60. The fourth-order valence-corrected chi connectivity index (χ4v) is 1.66. The van der Waals surface area contributed by atoms with E-state index in [2.05, 4.69) is 20.1 Å². The molecule has 0 atom stereocenters. The van der Waals surface area contributed by atoms with Crippen LogP contribution in [0.5, 0.6) is 0 Å². The fourth-order valence-electron chi connectivity index (χ4n) is 1.66. The van der Waals surface area contributed by atoms with Crippen LogP contribution in [0, 0.1) is 13.8 Å². The van der Waals surface area contributed by atoms with Crippen molar-refractivity contribution >= 4 is 5.82 Å². The first-order chi connectivity index (χ1) is 7.63. The molecule has 2 heterocycles. The van der Waals surface area contributed by atoms with Gasteiger partial charge in [-0.2, -0.15) is 4.68 Å². The van der Waals surface area contributed by atoms with E-state index in [0.29, 0.717) is 11.6 Å². The number of nitrogen functional groups attached to an aromatic ring is 1. The number of nitrogens with two attached hydrogens (primary N) is 1. The second-order valence-corrected chi connectivity index (χ2v) is 3.53. The average molecular weight is 218 g/mol. The first-order valence-electron chi connectivity index (χ1n) is 5.13. The summed E-state index contributed by atoms with van der Waals surface area (Å²) < 4.78 is 1.70.